The average molecular weight is 202 g/mol. The van der Waals surface area contributed by atoms with Crippen LogP contribution in [0, 0.1) is 0 Å². The molecule has 1 aliphatic heterocycles. The zero-order chi connectivity index (χ0) is 8.74. The summed E-state index contributed by atoms with van der Waals surface area (Å²) in [6, 6.07) is 0. The minimum absolute atomic E-state index is 0. The highest BCUT2D eigenvalue weighted by Gasteiger charge is 2.00. The summed E-state index contributed by atoms with van der Waals surface area (Å²) >= 11 is 0. The number of piperazine rings is 1. The minimum atomic E-state index is -4.64. The summed E-state index contributed by atoms with van der Waals surface area (Å²) in [4.78, 5) is 21.6. The highest BCUT2D eigenvalue weighted by molar-refractivity contribution is 7.45. The van der Waals surface area contributed by atoms with Gasteiger partial charge in [-0.2, -0.15) is 0 Å². The predicted octanol–water partition coefficient (Wildman–Crippen LogP) is -2.57. The van der Waals surface area contributed by atoms with Crippen molar-refractivity contribution >= 4 is 7.82 Å². The average Bonchev–Trinajstić information content (AvgIpc) is 1.88. The van der Waals surface area contributed by atoms with E-state index < -0.39 is 7.82 Å². The molecule has 0 atom stereocenters. The molecule has 0 aromatic rings. The second-order valence-corrected chi connectivity index (χ2v) is 3.04. The molecule has 0 aromatic heterocycles. The first-order valence-corrected chi connectivity index (χ1v) is 4.76. The van der Waals surface area contributed by atoms with E-state index in [1.54, 1.807) is 0 Å². The zero-order valence-corrected chi connectivity index (χ0v) is 7.42. The van der Waals surface area contributed by atoms with Crippen LogP contribution < -0.4 is 10.6 Å². The molecule has 1 fully saturated rings. The lowest BCUT2D eigenvalue weighted by Crippen LogP contribution is -2.39. The van der Waals surface area contributed by atoms with E-state index in [-0.39, 0.29) is 5.48 Å². The Morgan fingerprint density at radius 2 is 1.08 bits per heavy atom. The molecule has 1 saturated heterocycles. The summed E-state index contributed by atoms with van der Waals surface area (Å²) in [6.45, 7) is 4.56. The number of hydrogen-bond acceptors (Lipinski definition) is 3. The van der Waals surface area contributed by atoms with Gasteiger partial charge in [-0.3, -0.25) is 0 Å². The van der Waals surface area contributed by atoms with Crippen LogP contribution in [0.1, 0.15) is 0 Å². The number of nitrogens with one attached hydrogen (secondary N) is 2. The van der Waals surface area contributed by atoms with E-state index in [1.807, 2.05) is 0 Å². The monoisotopic (exact) mass is 202 g/mol. The molecule has 0 unspecified atom stereocenters. The summed E-state index contributed by atoms with van der Waals surface area (Å²) in [5, 5.41) is 6.44. The Labute approximate surface area is 70.3 Å². The smallest absolute Gasteiger partial charge is 0.412 e. The third kappa shape index (κ3) is 22.5. The Bertz CT molecular complexity index is 114. The Morgan fingerprint density at radius 1 is 0.917 bits per heavy atom. The van der Waals surface area contributed by atoms with Gasteiger partial charge >= 0.3 is 7.82 Å². The molecule has 12 heavy (non-hydrogen) atoms. The summed E-state index contributed by atoms with van der Waals surface area (Å²) in [5.74, 6) is 0. The standard InChI is InChI=1S/C4H10N2.H3O4P.H2O/c1-2-6-4-3-5-1;1-5(2,3)4;/h5-6H,1-4H2;(H3,1,2,3,4);1H2. The zero-order valence-electron chi connectivity index (χ0n) is 6.53. The summed E-state index contributed by atoms with van der Waals surface area (Å²) in [5.41, 5.74) is 0. The fourth-order valence-corrected chi connectivity index (χ4v) is 0.604. The Morgan fingerprint density at radius 3 is 1.17 bits per heavy atom. The van der Waals surface area contributed by atoms with Crippen LogP contribution in [-0.4, -0.2) is 46.3 Å². The lowest BCUT2D eigenvalue weighted by atomic mass is 10.4. The third-order valence-corrected chi connectivity index (χ3v) is 0.957. The van der Waals surface area contributed by atoms with E-state index in [0.717, 1.165) is 26.2 Å². The SMILES string of the molecule is C1CNCCN1.O.O=P(O)(O)O. The quantitative estimate of drug-likeness (QED) is 0.274. The highest BCUT2D eigenvalue weighted by Crippen LogP contribution is 2.25. The normalized spacial score (nSPS) is 16.9. The van der Waals surface area contributed by atoms with Crippen molar-refractivity contribution in [2.45, 2.75) is 0 Å². The van der Waals surface area contributed by atoms with Crippen molar-refractivity contribution in [3.05, 3.63) is 0 Å². The van der Waals surface area contributed by atoms with Crippen molar-refractivity contribution in [2.75, 3.05) is 26.2 Å². The summed E-state index contributed by atoms with van der Waals surface area (Å²) in [6.07, 6.45) is 0. The molecule has 0 bridgehead atoms. The van der Waals surface area contributed by atoms with Gasteiger partial charge in [0.2, 0.25) is 0 Å². The summed E-state index contributed by atoms with van der Waals surface area (Å²) < 4.78 is 8.88. The van der Waals surface area contributed by atoms with Crippen molar-refractivity contribution in [1.82, 2.24) is 10.6 Å². The molecule has 0 spiro atoms. The Hall–Kier alpha value is -0.0100. The lowest BCUT2D eigenvalue weighted by Gasteiger charge is -2.11. The van der Waals surface area contributed by atoms with Gasteiger partial charge in [-0.1, -0.05) is 0 Å². The number of phosphoric acid groups is 1. The largest absolute Gasteiger partial charge is 0.466 e. The molecule has 76 valence electrons. The van der Waals surface area contributed by atoms with Crippen LogP contribution in [0.25, 0.3) is 0 Å². The topological polar surface area (TPSA) is 133 Å². The molecule has 8 heteroatoms. The molecule has 7 N–H and O–H groups in total. The van der Waals surface area contributed by atoms with Crippen LogP contribution >= 0.6 is 7.82 Å². The van der Waals surface area contributed by atoms with Gasteiger partial charge in [-0.25, -0.2) is 4.57 Å². The maximum atomic E-state index is 8.88. The molecule has 0 aliphatic carbocycles. The van der Waals surface area contributed by atoms with E-state index >= 15 is 0 Å². The van der Waals surface area contributed by atoms with E-state index in [4.69, 9.17) is 19.2 Å². The number of hydrogen-bond donors (Lipinski definition) is 5. The van der Waals surface area contributed by atoms with E-state index in [9.17, 15) is 0 Å². The molecular formula is C4H15N2O5P. The van der Waals surface area contributed by atoms with Gasteiger partial charge in [-0.15, -0.1) is 0 Å². The van der Waals surface area contributed by atoms with Crippen LogP contribution in [0.15, 0.2) is 0 Å². The van der Waals surface area contributed by atoms with Crippen LogP contribution in [0.5, 0.6) is 0 Å². The highest BCUT2D eigenvalue weighted by atomic mass is 31.2. The van der Waals surface area contributed by atoms with Crippen molar-refractivity contribution < 1.29 is 24.7 Å². The second kappa shape index (κ2) is 7.63. The first kappa shape index (κ1) is 14.5. The molecule has 7 nitrogen and oxygen atoms in total. The van der Waals surface area contributed by atoms with Crippen LogP contribution in [0.3, 0.4) is 0 Å². The molecule has 0 amide bonds. The maximum absolute atomic E-state index is 8.88. The fourth-order valence-electron chi connectivity index (χ4n) is 0.604. The van der Waals surface area contributed by atoms with Gasteiger partial charge in [0.05, 0.1) is 0 Å². The lowest BCUT2D eigenvalue weighted by molar-refractivity contribution is 0.275. The molecule has 1 rings (SSSR count). The molecule has 1 heterocycles. The third-order valence-electron chi connectivity index (χ3n) is 0.957. The summed E-state index contributed by atoms with van der Waals surface area (Å²) in [7, 11) is -4.64. The first-order chi connectivity index (χ1) is 5.00. The van der Waals surface area contributed by atoms with E-state index in [1.165, 1.54) is 0 Å². The van der Waals surface area contributed by atoms with Gasteiger partial charge in [0.1, 0.15) is 0 Å². The first-order valence-electron chi connectivity index (χ1n) is 3.20. The molecule has 0 saturated carbocycles. The van der Waals surface area contributed by atoms with Crippen molar-refractivity contribution in [3.8, 4) is 0 Å². The van der Waals surface area contributed by atoms with E-state index in [0.29, 0.717) is 0 Å². The molecular weight excluding hydrogens is 187 g/mol. The fraction of sp³-hybridized carbons (Fsp3) is 1.00. The molecule has 1 aliphatic rings. The van der Waals surface area contributed by atoms with Crippen molar-refractivity contribution in [3.63, 3.8) is 0 Å². The Balaban J connectivity index is 0. The van der Waals surface area contributed by atoms with Crippen LogP contribution in [-0.2, 0) is 4.57 Å². The van der Waals surface area contributed by atoms with Gasteiger partial charge in [0, 0.05) is 26.2 Å². The predicted molar refractivity (Wildman–Crippen MR) is 43.6 cm³/mol. The van der Waals surface area contributed by atoms with E-state index in [2.05, 4.69) is 10.6 Å². The van der Waals surface area contributed by atoms with Gasteiger partial charge in [0.15, 0.2) is 0 Å². The van der Waals surface area contributed by atoms with Crippen LogP contribution in [0.4, 0.5) is 0 Å². The minimum Gasteiger partial charge on any atom is -0.412 e. The number of rotatable bonds is 0. The maximum Gasteiger partial charge on any atom is 0.466 e. The van der Waals surface area contributed by atoms with Crippen LogP contribution in [0.2, 0.25) is 0 Å². The molecule has 0 radical (unpaired) electrons. The molecule has 0 aromatic carbocycles. The van der Waals surface area contributed by atoms with Gasteiger partial charge in [0.25, 0.3) is 0 Å². The van der Waals surface area contributed by atoms with Gasteiger partial charge in [-0.05, 0) is 0 Å². The second-order valence-electron chi connectivity index (χ2n) is 2.01. The van der Waals surface area contributed by atoms with Crippen molar-refractivity contribution in [1.29, 1.82) is 0 Å². The van der Waals surface area contributed by atoms with Crippen molar-refractivity contribution in [2.24, 2.45) is 0 Å². The van der Waals surface area contributed by atoms with Gasteiger partial charge < -0.3 is 30.8 Å². The Kier molecular flexibility index (Phi) is 9.23.